The SMILES string of the molecule is CC(=O)c1cccc(NC(=O)[C@@H](C)OC(=O)c2ccc(CN3CCOCC3)cc2)c1. The molecule has 0 radical (unpaired) electrons. The number of nitrogens with one attached hydrogen (secondary N) is 1. The summed E-state index contributed by atoms with van der Waals surface area (Å²) in [5.41, 5.74) is 2.46. The molecule has 1 saturated heterocycles. The summed E-state index contributed by atoms with van der Waals surface area (Å²) < 4.78 is 10.6. The summed E-state index contributed by atoms with van der Waals surface area (Å²) in [6.45, 7) is 7.04. The fraction of sp³-hybridized carbons (Fsp3) is 0.348. The Bertz CT molecular complexity index is 904. The van der Waals surface area contributed by atoms with Crippen LogP contribution in [-0.2, 0) is 20.8 Å². The van der Waals surface area contributed by atoms with Crippen molar-refractivity contribution in [3.05, 3.63) is 65.2 Å². The van der Waals surface area contributed by atoms with E-state index < -0.39 is 18.0 Å². The number of benzene rings is 2. The molecule has 0 saturated carbocycles. The number of hydrogen-bond donors (Lipinski definition) is 1. The van der Waals surface area contributed by atoms with Crippen molar-refractivity contribution in [2.45, 2.75) is 26.5 Å². The van der Waals surface area contributed by atoms with E-state index in [4.69, 9.17) is 9.47 Å². The summed E-state index contributed by atoms with van der Waals surface area (Å²) in [5.74, 6) is -1.12. The molecule has 0 spiro atoms. The van der Waals surface area contributed by atoms with Gasteiger partial charge in [0.25, 0.3) is 5.91 Å². The Balaban J connectivity index is 1.53. The van der Waals surface area contributed by atoms with E-state index in [0.29, 0.717) is 16.8 Å². The van der Waals surface area contributed by atoms with E-state index in [0.717, 1.165) is 38.4 Å². The van der Waals surface area contributed by atoms with Gasteiger partial charge in [-0.15, -0.1) is 0 Å². The number of carbonyl (C=O) groups is 3. The van der Waals surface area contributed by atoms with E-state index in [1.54, 1.807) is 36.4 Å². The van der Waals surface area contributed by atoms with Crippen molar-refractivity contribution >= 4 is 23.3 Å². The molecule has 7 heteroatoms. The lowest BCUT2D eigenvalue weighted by molar-refractivity contribution is -0.123. The Morgan fingerprint density at radius 2 is 1.77 bits per heavy atom. The first-order chi connectivity index (χ1) is 14.4. The number of carbonyl (C=O) groups excluding carboxylic acids is 3. The molecule has 1 aliphatic heterocycles. The minimum absolute atomic E-state index is 0.0948. The number of esters is 1. The molecule has 1 fully saturated rings. The zero-order valence-corrected chi connectivity index (χ0v) is 17.2. The third kappa shape index (κ3) is 5.98. The highest BCUT2D eigenvalue weighted by Gasteiger charge is 2.19. The van der Waals surface area contributed by atoms with Crippen molar-refractivity contribution in [3.8, 4) is 0 Å². The Labute approximate surface area is 176 Å². The van der Waals surface area contributed by atoms with Crippen LogP contribution in [0.15, 0.2) is 48.5 Å². The summed E-state index contributed by atoms with van der Waals surface area (Å²) in [4.78, 5) is 38.5. The summed E-state index contributed by atoms with van der Waals surface area (Å²) in [7, 11) is 0. The van der Waals surface area contributed by atoms with Crippen LogP contribution in [0, 0.1) is 0 Å². The van der Waals surface area contributed by atoms with E-state index >= 15 is 0 Å². The van der Waals surface area contributed by atoms with Crippen LogP contribution in [0.3, 0.4) is 0 Å². The fourth-order valence-electron chi connectivity index (χ4n) is 3.11. The maximum Gasteiger partial charge on any atom is 0.338 e. The highest BCUT2D eigenvalue weighted by atomic mass is 16.5. The van der Waals surface area contributed by atoms with Gasteiger partial charge >= 0.3 is 5.97 Å². The second kappa shape index (κ2) is 10.1. The van der Waals surface area contributed by atoms with Crippen LogP contribution in [0.2, 0.25) is 0 Å². The van der Waals surface area contributed by atoms with E-state index in [2.05, 4.69) is 10.2 Å². The molecular weight excluding hydrogens is 384 g/mol. The summed E-state index contributed by atoms with van der Waals surface area (Å²) in [6, 6.07) is 13.8. The van der Waals surface area contributed by atoms with Crippen molar-refractivity contribution in [3.63, 3.8) is 0 Å². The van der Waals surface area contributed by atoms with Gasteiger partial charge in [0.1, 0.15) is 0 Å². The molecular formula is C23H26N2O5. The summed E-state index contributed by atoms with van der Waals surface area (Å²) >= 11 is 0. The molecule has 30 heavy (non-hydrogen) atoms. The highest BCUT2D eigenvalue weighted by Crippen LogP contribution is 2.14. The average Bonchev–Trinajstić information content (AvgIpc) is 2.75. The van der Waals surface area contributed by atoms with Gasteiger partial charge < -0.3 is 14.8 Å². The molecule has 0 aromatic heterocycles. The van der Waals surface area contributed by atoms with Gasteiger partial charge in [-0.05, 0) is 43.7 Å². The largest absolute Gasteiger partial charge is 0.449 e. The number of ketones is 1. The zero-order chi connectivity index (χ0) is 21.5. The van der Waals surface area contributed by atoms with E-state index in [9.17, 15) is 14.4 Å². The molecule has 2 aromatic rings. The third-order valence-corrected chi connectivity index (χ3v) is 4.89. The van der Waals surface area contributed by atoms with Gasteiger partial charge in [-0.25, -0.2) is 4.79 Å². The van der Waals surface area contributed by atoms with Gasteiger partial charge in [0, 0.05) is 30.9 Å². The molecule has 1 N–H and O–H groups in total. The topological polar surface area (TPSA) is 84.9 Å². The van der Waals surface area contributed by atoms with Crippen LogP contribution in [0.5, 0.6) is 0 Å². The molecule has 3 rings (SSSR count). The van der Waals surface area contributed by atoms with Crippen molar-refractivity contribution in [2.24, 2.45) is 0 Å². The Morgan fingerprint density at radius 1 is 1.07 bits per heavy atom. The van der Waals surface area contributed by atoms with E-state index in [-0.39, 0.29) is 5.78 Å². The standard InChI is InChI=1S/C23H26N2O5/c1-16(26)20-4-3-5-21(14-20)24-22(27)17(2)30-23(28)19-8-6-18(7-9-19)15-25-10-12-29-13-11-25/h3-9,14,17H,10-13,15H2,1-2H3,(H,24,27)/t17-/m1/s1. The first-order valence-corrected chi connectivity index (χ1v) is 9.94. The normalized spacial score (nSPS) is 15.3. The van der Waals surface area contributed by atoms with Crippen LogP contribution < -0.4 is 5.32 Å². The number of amides is 1. The first-order valence-electron chi connectivity index (χ1n) is 9.94. The smallest absolute Gasteiger partial charge is 0.338 e. The van der Waals surface area contributed by atoms with Crippen molar-refractivity contribution in [2.75, 3.05) is 31.6 Å². The van der Waals surface area contributed by atoms with Gasteiger partial charge in [0.15, 0.2) is 11.9 Å². The predicted molar refractivity (Wildman–Crippen MR) is 112 cm³/mol. The molecule has 1 heterocycles. The molecule has 0 aliphatic carbocycles. The zero-order valence-electron chi connectivity index (χ0n) is 17.2. The van der Waals surface area contributed by atoms with Crippen molar-refractivity contribution in [1.82, 2.24) is 4.90 Å². The molecule has 0 bridgehead atoms. The molecule has 1 aliphatic rings. The van der Waals surface area contributed by atoms with E-state index in [1.165, 1.54) is 13.8 Å². The van der Waals surface area contributed by atoms with Crippen LogP contribution in [0.4, 0.5) is 5.69 Å². The molecule has 0 unspecified atom stereocenters. The number of anilines is 1. The Morgan fingerprint density at radius 3 is 2.43 bits per heavy atom. The monoisotopic (exact) mass is 410 g/mol. The van der Waals surface area contributed by atoms with Crippen molar-refractivity contribution in [1.29, 1.82) is 0 Å². The Kier molecular flexibility index (Phi) is 7.32. The summed E-state index contributed by atoms with van der Waals surface area (Å²) in [5, 5.41) is 2.66. The maximum atomic E-state index is 12.4. The van der Waals surface area contributed by atoms with Crippen LogP contribution >= 0.6 is 0 Å². The lowest BCUT2D eigenvalue weighted by Crippen LogP contribution is -2.35. The van der Waals surface area contributed by atoms with Crippen LogP contribution in [-0.4, -0.2) is 55.0 Å². The predicted octanol–water partition coefficient (Wildman–Crippen LogP) is 2.91. The lowest BCUT2D eigenvalue weighted by Gasteiger charge is -2.26. The third-order valence-electron chi connectivity index (χ3n) is 4.89. The molecule has 158 valence electrons. The van der Waals surface area contributed by atoms with Crippen LogP contribution in [0.1, 0.15) is 40.1 Å². The maximum absolute atomic E-state index is 12.4. The first kappa shape index (κ1) is 21.7. The second-order valence-electron chi connectivity index (χ2n) is 7.26. The molecule has 1 amide bonds. The van der Waals surface area contributed by atoms with Gasteiger partial charge in [-0.2, -0.15) is 0 Å². The molecule has 7 nitrogen and oxygen atoms in total. The minimum atomic E-state index is -0.980. The number of rotatable bonds is 7. The minimum Gasteiger partial charge on any atom is -0.449 e. The number of Topliss-reactive ketones (excluding diaryl/α,β-unsaturated/α-hetero) is 1. The number of ether oxygens (including phenoxy) is 2. The molecule has 2 aromatic carbocycles. The summed E-state index contributed by atoms with van der Waals surface area (Å²) in [6.07, 6.45) is -0.980. The number of hydrogen-bond acceptors (Lipinski definition) is 6. The highest BCUT2D eigenvalue weighted by molar-refractivity contribution is 5.99. The second-order valence-corrected chi connectivity index (χ2v) is 7.26. The number of nitrogens with zero attached hydrogens (tertiary/aromatic N) is 1. The van der Waals surface area contributed by atoms with Crippen molar-refractivity contribution < 1.29 is 23.9 Å². The van der Waals surface area contributed by atoms with Gasteiger partial charge in [-0.3, -0.25) is 14.5 Å². The van der Waals surface area contributed by atoms with Gasteiger partial charge in [0.2, 0.25) is 0 Å². The average molecular weight is 410 g/mol. The fourth-order valence-corrected chi connectivity index (χ4v) is 3.11. The van der Waals surface area contributed by atoms with Gasteiger partial charge in [-0.1, -0.05) is 24.3 Å². The van der Waals surface area contributed by atoms with Gasteiger partial charge in [0.05, 0.1) is 18.8 Å². The van der Waals surface area contributed by atoms with E-state index in [1.807, 2.05) is 12.1 Å². The quantitative estimate of drug-likeness (QED) is 0.558. The Hall–Kier alpha value is -3.03. The lowest BCUT2D eigenvalue weighted by atomic mass is 10.1. The number of morpholine rings is 1. The molecule has 1 atom stereocenters. The van der Waals surface area contributed by atoms with Crippen LogP contribution in [0.25, 0.3) is 0 Å².